The summed E-state index contributed by atoms with van der Waals surface area (Å²) in [7, 11) is 0. The molecule has 0 saturated heterocycles. The van der Waals surface area contributed by atoms with Crippen LogP contribution in [-0.4, -0.2) is 22.4 Å². The van der Waals surface area contributed by atoms with Crippen molar-refractivity contribution in [2.45, 2.75) is 13.0 Å². The van der Waals surface area contributed by atoms with Crippen LogP contribution in [0, 0.1) is 0 Å². The zero-order valence-corrected chi connectivity index (χ0v) is 13.7. The van der Waals surface area contributed by atoms with Gasteiger partial charge in [-0.25, -0.2) is 4.98 Å². The zero-order chi connectivity index (χ0) is 17.1. The molecule has 0 aliphatic carbocycles. The molecule has 0 spiro atoms. The van der Waals surface area contributed by atoms with E-state index in [0.717, 1.165) is 23.5 Å². The fourth-order valence-corrected chi connectivity index (χ4v) is 3.01. The zero-order valence-electron chi connectivity index (χ0n) is 13.7. The number of amides is 1. The van der Waals surface area contributed by atoms with E-state index >= 15 is 0 Å². The van der Waals surface area contributed by atoms with Gasteiger partial charge in [-0.3, -0.25) is 9.78 Å². The molecular formula is C20H18N4O. The van der Waals surface area contributed by atoms with Crippen LogP contribution in [0.1, 0.15) is 21.7 Å². The van der Waals surface area contributed by atoms with Gasteiger partial charge >= 0.3 is 0 Å². The van der Waals surface area contributed by atoms with Crippen molar-refractivity contribution in [1.29, 1.82) is 0 Å². The van der Waals surface area contributed by atoms with Gasteiger partial charge < -0.3 is 10.2 Å². The van der Waals surface area contributed by atoms with Gasteiger partial charge in [0.1, 0.15) is 5.69 Å². The van der Waals surface area contributed by atoms with Crippen LogP contribution in [0.15, 0.2) is 67.0 Å². The fraction of sp³-hybridized carbons (Fsp3) is 0.150. The third kappa shape index (κ3) is 3.21. The molecule has 124 valence electrons. The highest BCUT2D eigenvalue weighted by Crippen LogP contribution is 2.28. The Morgan fingerprint density at radius 3 is 2.72 bits per heavy atom. The lowest BCUT2D eigenvalue weighted by molar-refractivity contribution is 0.0984. The number of fused-ring (bicyclic) bond motifs is 1. The van der Waals surface area contributed by atoms with Gasteiger partial charge in [0.15, 0.2) is 0 Å². The summed E-state index contributed by atoms with van der Waals surface area (Å²) in [5.41, 5.74) is 4.48. The first-order valence-corrected chi connectivity index (χ1v) is 8.31. The molecule has 0 fully saturated rings. The molecule has 0 radical (unpaired) electrons. The van der Waals surface area contributed by atoms with E-state index in [2.05, 4.69) is 21.4 Å². The smallest absolute Gasteiger partial charge is 0.276 e. The Morgan fingerprint density at radius 2 is 1.92 bits per heavy atom. The summed E-state index contributed by atoms with van der Waals surface area (Å²) >= 11 is 0. The van der Waals surface area contributed by atoms with Gasteiger partial charge in [0.05, 0.1) is 24.1 Å². The van der Waals surface area contributed by atoms with Crippen molar-refractivity contribution >= 4 is 17.3 Å². The van der Waals surface area contributed by atoms with E-state index in [1.54, 1.807) is 23.4 Å². The number of carbonyl (C=O) groups excluding carboxylic acids is 1. The van der Waals surface area contributed by atoms with Gasteiger partial charge in [-0.2, -0.15) is 0 Å². The summed E-state index contributed by atoms with van der Waals surface area (Å²) in [6, 6.07) is 17.5. The summed E-state index contributed by atoms with van der Waals surface area (Å²) in [4.78, 5) is 23.1. The lowest BCUT2D eigenvalue weighted by Gasteiger charge is -2.17. The monoisotopic (exact) mass is 330 g/mol. The molecule has 0 atom stereocenters. The Morgan fingerprint density at radius 1 is 1.04 bits per heavy atom. The van der Waals surface area contributed by atoms with Crippen LogP contribution in [0.5, 0.6) is 0 Å². The van der Waals surface area contributed by atoms with E-state index in [1.165, 1.54) is 5.56 Å². The van der Waals surface area contributed by atoms with Crippen molar-refractivity contribution in [2.75, 3.05) is 16.8 Å². The number of hydrogen-bond donors (Lipinski definition) is 1. The van der Waals surface area contributed by atoms with Crippen molar-refractivity contribution in [3.63, 3.8) is 0 Å². The number of nitrogens with zero attached hydrogens (tertiary/aromatic N) is 3. The average molecular weight is 330 g/mol. The number of hydrogen-bond acceptors (Lipinski definition) is 4. The summed E-state index contributed by atoms with van der Waals surface area (Å²) in [5.74, 6) is -0.0544. The van der Waals surface area contributed by atoms with Crippen molar-refractivity contribution < 1.29 is 4.79 Å². The maximum atomic E-state index is 12.7. The van der Waals surface area contributed by atoms with Crippen LogP contribution < -0.4 is 10.2 Å². The minimum Gasteiger partial charge on any atom is -0.378 e. The number of nitrogens with one attached hydrogen (secondary N) is 1. The Labute approximate surface area is 146 Å². The van der Waals surface area contributed by atoms with E-state index in [4.69, 9.17) is 0 Å². The molecular weight excluding hydrogens is 312 g/mol. The standard InChI is InChI=1S/C20H18N4O/c25-20(24-12-10-15-5-1-2-7-19(15)24)18-9-8-17(14-23-18)22-13-16-6-3-4-11-21-16/h1-9,11,14,22H,10,12-13H2. The predicted molar refractivity (Wildman–Crippen MR) is 97.6 cm³/mol. The molecule has 1 N–H and O–H groups in total. The van der Waals surface area contributed by atoms with Crippen LogP contribution in [0.3, 0.4) is 0 Å². The first kappa shape index (κ1) is 15.3. The second-order valence-corrected chi connectivity index (χ2v) is 5.94. The van der Waals surface area contributed by atoms with E-state index in [9.17, 15) is 4.79 Å². The van der Waals surface area contributed by atoms with Gasteiger partial charge in [0.25, 0.3) is 5.91 Å². The van der Waals surface area contributed by atoms with Crippen LogP contribution in [0.4, 0.5) is 11.4 Å². The van der Waals surface area contributed by atoms with Gasteiger partial charge in [-0.1, -0.05) is 24.3 Å². The molecule has 5 nitrogen and oxygen atoms in total. The van der Waals surface area contributed by atoms with E-state index in [0.29, 0.717) is 18.8 Å². The summed E-state index contributed by atoms with van der Waals surface area (Å²) in [6.45, 7) is 1.33. The second-order valence-electron chi connectivity index (χ2n) is 5.94. The summed E-state index contributed by atoms with van der Waals surface area (Å²) < 4.78 is 0. The van der Waals surface area contributed by atoms with Gasteiger partial charge in [0, 0.05) is 18.4 Å². The molecule has 1 aliphatic heterocycles. The van der Waals surface area contributed by atoms with E-state index in [1.807, 2.05) is 42.5 Å². The highest BCUT2D eigenvalue weighted by molar-refractivity contribution is 6.06. The topological polar surface area (TPSA) is 58.1 Å². The van der Waals surface area contributed by atoms with Crippen molar-refractivity contribution in [1.82, 2.24) is 9.97 Å². The third-order valence-corrected chi connectivity index (χ3v) is 4.31. The maximum absolute atomic E-state index is 12.7. The molecule has 1 amide bonds. The summed E-state index contributed by atoms with van der Waals surface area (Å²) in [5, 5.41) is 3.26. The number of rotatable bonds is 4. The maximum Gasteiger partial charge on any atom is 0.276 e. The Kier molecular flexibility index (Phi) is 4.12. The number of anilines is 2. The highest BCUT2D eigenvalue weighted by atomic mass is 16.2. The largest absolute Gasteiger partial charge is 0.378 e. The number of aromatic nitrogens is 2. The highest BCUT2D eigenvalue weighted by Gasteiger charge is 2.25. The molecule has 4 rings (SSSR count). The van der Waals surface area contributed by atoms with Crippen LogP contribution in [0.2, 0.25) is 0 Å². The third-order valence-electron chi connectivity index (χ3n) is 4.31. The Hall–Kier alpha value is -3.21. The van der Waals surface area contributed by atoms with Crippen LogP contribution in [0.25, 0.3) is 0 Å². The molecule has 0 bridgehead atoms. The molecule has 3 heterocycles. The number of pyridine rings is 2. The number of benzene rings is 1. The van der Waals surface area contributed by atoms with E-state index in [-0.39, 0.29) is 5.91 Å². The van der Waals surface area contributed by atoms with E-state index < -0.39 is 0 Å². The lowest BCUT2D eigenvalue weighted by Crippen LogP contribution is -2.29. The minimum atomic E-state index is -0.0544. The van der Waals surface area contributed by atoms with Crippen LogP contribution >= 0.6 is 0 Å². The fourth-order valence-electron chi connectivity index (χ4n) is 3.01. The molecule has 0 unspecified atom stereocenters. The lowest BCUT2D eigenvalue weighted by atomic mass is 10.2. The molecule has 5 heteroatoms. The van der Waals surface area contributed by atoms with Crippen LogP contribution in [-0.2, 0) is 13.0 Å². The van der Waals surface area contributed by atoms with Gasteiger partial charge in [0.2, 0.25) is 0 Å². The molecule has 1 aliphatic rings. The first-order chi connectivity index (χ1) is 12.3. The van der Waals surface area contributed by atoms with Crippen molar-refractivity contribution in [3.8, 4) is 0 Å². The number of carbonyl (C=O) groups is 1. The Bertz CT molecular complexity index is 878. The average Bonchev–Trinajstić information content (AvgIpc) is 3.11. The van der Waals surface area contributed by atoms with Crippen molar-refractivity contribution in [2.24, 2.45) is 0 Å². The Balaban J connectivity index is 1.44. The number of para-hydroxylation sites is 1. The van der Waals surface area contributed by atoms with Gasteiger partial charge in [-0.05, 0) is 42.3 Å². The normalized spacial score (nSPS) is 12.7. The molecule has 2 aromatic heterocycles. The SMILES string of the molecule is O=C(c1ccc(NCc2ccccn2)cn1)N1CCc2ccccc21. The predicted octanol–water partition coefficient (Wildman–Crippen LogP) is 3.29. The quantitative estimate of drug-likeness (QED) is 0.797. The first-order valence-electron chi connectivity index (χ1n) is 8.31. The molecule has 1 aromatic carbocycles. The molecule has 0 saturated carbocycles. The van der Waals surface area contributed by atoms with Crippen molar-refractivity contribution in [3.05, 3.63) is 83.9 Å². The minimum absolute atomic E-state index is 0.0544. The van der Waals surface area contributed by atoms with Gasteiger partial charge in [-0.15, -0.1) is 0 Å². The molecule has 25 heavy (non-hydrogen) atoms. The summed E-state index contributed by atoms with van der Waals surface area (Å²) in [6.07, 6.45) is 4.36. The second kappa shape index (κ2) is 6.73. The molecule has 3 aromatic rings.